The Morgan fingerprint density at radius 1 is 0.957 bits per heavy atom. The summed E-state index contributed by atoms with van der Waals surface area (Å²) >= 11 is 0. The Bertz CT molecular complexity index is 774. The quantitative estimate of drug-likeness (QED) is 0.804. The van der Waals surface area contributed by atoms with Gasteiger partial charge in [-0.3, -0.25) is 0 Å². The molecule has 3 rings (SSSR count). The Hall–Kier alpha value is -1.96. The Kier molecular flexibility index (Phi) is 3.47. The average Bonchev–Trinajstić information content (AvgIpc) is 2.44. The van der Waals surface area contributed by atoms with Crippen molar-refractivity contribution in [2.75, 3.05) is 0 Å². The van der Waals surface area contributed by atoms with Crippen LogP contribution in [0, 0.1) is 20.8 Å². The molecule has 2 heteroatoms. The van der Waals surface area contributed by atoms with Gasteiger partial charge < -0.3 is 9.84 Å². The molecule has 0 saturated carbocycles. The number of hydrogen-bond donors (Lipinski definition) is 1. The largest absolute Gasteiger partial charge is 0.508 e. The zero-order valence-corrected chi connectivity index (χ0v) is 14.9. The van der Waals surface area contributed by atoms with Gasteiger partial charge in [-0.2, -0.15) is 0 Å². The summed E-state index contributed by atoms with van der Waals surface area (Å²) in [5.74, 6) is 1.38. The van der Waals surface area contributed by atoms with Gasteiger partial charge in [0.2, 0.25) is 0 Å². The number of phenols is 1. The summed E-state index contributed by atoms with van der Waals surface area (Å²) in [5, 5.41) is 9.86. The molecule has 0 amide bonds. The van der Waals surface area contributed by atoms with E-state index in [1.807, 2.05) is 13.0 Å². The van der Waals surface area contributed by atoms with Gasteiger partial charge in [0.1, 0.15) is 17.1 Å². The summed E-state index contributed by atoms with van der Waals surface area (Å²) in [4.78, 5) is 0. The molecule has 0 aliphatic carbocycles. The van der Waals surface area contributed by atoms with Crippen LogP contribution < -0.4 is 4.74 Å². The molecule has 1 heterocycles. The highest BCUT2D eigenvalue weighted by Crippen LogP contribution is 2.48. The molecular weight excluding hydrogens is 284 g/mol. The molecule has 1 aliphatic rings. The van der Waals surface area contributed by atoms with Gasteiger partial charge in [0.05, 0.1) is 0 Å². The first-order chi connectivity index (χ1) is 10.6. The standard InChI is InChI=1S/C21H26O2/c1-13-9-15(3)19-16(10-13)12-21(6,20(4,5)23-19)17-7-8-18(22)14(2)11-17/h7-11,22H,12H2,1-6H3. The van der Waals surface area contributed by atoms with E-state index in [9.17, 15) is 5.11 Å². The van der Waals surface area contributed by atoms with E-state index in [2.05, 4.69) is 52.8 Å². The van der Waals surface area contributed by atoms with E-state index in [0.29, 0.717) is 5.75 Å². The van der Waals surface area contributed by atoms with Crippen LogP contribution in [0.1, 0.15) is 48.6 Å². The third-order valence-electron chi connectivity index (χ3n) is 5.56. The van der Waals surface area contributed by atoms with Crippen LogP contribution in [0.3, 0.4) is 0 Å². The highest BCUT2D eigenvalue weighted by Gasteiger charge is 2.48. The van der Waals surface area contributed by atoms with Crippen LogP contribution in [0.25, 0.3) is 0 Å². The SMILES string of the molecule is Cc1cc(C)c2c(c1)CC(C)(c1ccc(O)c(C)c1)C(C)(C)O2. The third kappa shape index (κ3) is 2.41. The molecule has 2 aromatic carbocycles. The van der Waals surface area contributed by atoms with Gasteiger partial charge in [-0.1, -0.05) is 36.8 Å². The fourth-order valence-electron chi connectivity index (χ4n) is 3.73. The maximum absolute atomic E-state index is 9.86. The van der Waals surface area contributed by atoms with Crippen molar-refractivity contribution >= 4 is 0 Å². The van der Waals surface area contributed by atoms with Gasteiger partial charge in [-0.15, -0.1) is 0 Å². The first-order valence-electron chi connectivity index (χ1n) is 8.23. The van der Waals surface area contributed by atoms with E-state index >= 15 is 0 Å². The summed E-state index contributed by atoms with van der Waals surface area (Å²) in [6, 6.07) is 10.3. The molecule has 0 aromatic heterocycles. The molecule has 122 valence electrons. The maximum Gasteiger partial charge on any atom is 0.126 e. The molecule has 0 spiro atoms. The van der Waals surface area contributed by atoms with Gasteiger partial charge in [0, 0.05) is 5.41 Å². The molecule has 2 aromatic rings. The minimum Gasteiger partial charge on any atom is -0.508 e. The number of aromatic hydroxyl groups is 1. The lowest BCUT2D eigenvalue weighted by molar-refractivity contribution is 0.00905. The molecule has 1 aliphatic heterocycles. The van der Waals surface area contributed by atoms with Gasteiger partial charge in [0.15, 0.2) is 0 Å². The zero-order valence-electron chi connectivity index (χ0n) is 14.9. The fourth-order valence-corrected chi connectivity index (χ4v) is 3.73. The minimum atomic E-state index is -0.330. The molecular formula is C21H26O2. The Balaban J connectivity index is 2.16. The number of aryl methyl sites for hydroxylation is 3. The average molecular weight is 310 g/mol. The van der Waals surface area contributed by atoms with Crippen molar-refractivity contribution in [3.05, 3.63) is 58.1 Å². The van der Waals surface area contributed by atoms with Gasteiger partial charge in [0.25, 0.3) is 0 Å². The molecule has 0 saturated heterocycles. The van der Waals surface area contributed by atoms with E-state index in [0.717, 1.165) is 17.7 Å². The van der Waals surface area contributed by atoms with Crippen molar-refractivity contribution in [1.82, 2.24) is 0 Å². The zero-order chi connectivity index (χ0) is 17.0. The summed E-state index contributed by atoms with van der Waals surface area (Å²) < 4.78 is 6.48. The van der Waals surface area contributed by atoms with Crippen molar-refractivity contribution in [2.45, 2.75) is 59.0 Å². The molecule has 2 nitrogen and oxygen atoms in total. The fraction of sp³-hybridized carbons (Fsp3) is 0.429. The maximum atomic E-state index is 9.86. The highest BCUT2D eigenvalue weighted by atomic mass is 16.5. The smallest absolute Gasteiger partial charge is 0.126 e. The number of hydrogen-bond acceptors (Lipinski definition) is 2. The first-order valence-corrected chi connectivity index (χ1v) is 8.23. The second kappa shape index (κ2) is 5.02. The predicted octanol–water partition coefficient (Wildman–Crippen LogP) is 4.99. The van der Waals surface area contributed by atoms with Gasteiger partial charge >= 0.3 is 0 Å². The van der Waals surface area contributed by atoms with Crippen LogP contribution in [0.4, 0.5) is 0 Å². The molecule has 1 atom stereocenters. The van der Waals surface area contributed by atoms with Crippen molar-refractivity contribution in [3.8, 4) is 11.5 Å². The lowest BCUT2D eigenvalue weighted by Gasteiger charge is -2.49. The molecule has 0 fully saturated rings. The van der Waals surface area contributed by atoms with Crippen LogP contribution in [0.2, 0.25) is 0 Å². The predicted molar refractivity (Wildman–Crippen MR) is 94.5 cm³/mol. The van der Waals surface area contributed by atoms with Gasteiger partial charge in [-0.05, 0) is 69.4 Å². The van der Waals surface area contributed by atoms with Crippen molar-refractivity contribution in [3.63, 3.8) is 0 Å². The second-order valence-electron chi connectivity index (χ2n) is 7.69. The second-order valence-corrected chi connectivity index (χ2v) is 7.69. The summed E-state index contributed by atoms with van der Waals surface area (Å²) in [6.07, 6.45) is 0.933. The lowest BCUT2D eigenvalue weighted by atomic mass is 9.64. The third-order valence-corrected chi connectivity index (χ3v) is 5.56. The molecule has 0 bridgehead atoms. The number of rotatable bonds is 1. The van der Waals surface area contributed by atoms with Crippen LogP contribution in [-0.2, 0) is 11.8 Å². The van der Waals surface area contributed by atoms with E-state index < -0.39 is 0 Å². The summed E-state index contributed by atoms with van der Waals surface area (Å²) in [5.41, 5.74) is 5.39. The van der Waals surface area contributed by atoms with Crippen molar-refractivity contribution in [1.29, 1.82) is 0 Å². The Morgan fingerprint density at radius 3 is 2.30 bits per heavy atom. The number of benzene rings is 2. The molecule has 1 N–H and O–H groups in total. The van der Waals surface area contributed by atoms with Crippen LogP contribution in [-0.4, -0.2) is 10.7 Å². The molecule has 23 heavy (non-hydrogen) atoms. The van der Waals surface area contributed by atoms with Crippen LogP contribution >= 0.6 is 0 Å². The van der Waals surface area contributed by atoms with E-state index in [1.54, 1.807) is 6.07 Å². The van der Waals surface area contributed by atoms with E-state index in [4.69, 9.17) is 4.74 Å². The van der Waals surface area contributed by atoms with Crippen LogP contribution in [0.5, 0.6) is 11.5 Å². The highest BCUT2D eigenvalue weighted by molar-refractivity contribution is 5.50. The van der Waals surface area contributed by atoms with E-state index in [1.165, 1.54) is 22.3 Å². The van der Waals surface area contributed by atoms with E-state index in [-0.39, 0.29) is 11.0 Å². The number of phenolic OH excluding ortho intramolecular Hbond substituents is 1. The number of ether oxygens (including phenoxy) is 1. The Morgan fingerprint density at radius 2 is 1.65 bits per heavy atom. The minimum absolute atomic E-state index is 0.154. The van der Waals surface area contributed by atoms with Crippen LogP contribution in [0.15, 0.2) is 30.3 Å². The topological polar surface area (TPSA) is 29.5 Å². The molecule has 0 radical (unpaired) electrons. The monoisotopic (exact) mass is 310 g/mol. The normalized spacial score (nSPS) is 22.3. The molecule has 1 unspecified atom stereocenters. The summed E-state index contributed by atoms with van der Waals surface area (Å²) in [7, 11) is 0. The number of fused-ring (bicyclic) bond motifs is 1. The first kappa shape index (κ1) is 15.9. The lowest BCUT2D eigenvalue weighted by Crippen LogP contribution is -2.53. The van der Waals surface area contributed by atoms with Crippen molar-refractivity contribution < 1.29 is 9.84 Å². The summed E-state index contributed by atoms with van der Waals surface area (Å²) in [6.45, 7) is 12.8. The van der Waals surface area contributed by atoms with Gasteiger partial charge in [-0.25, -0.2) is 0 Å². The Labute approximate surface area is 139 Å². The van der Waals surface area contributed by atoms with Crippen molar-refractivity contribution in [2.24, 2.45) is 0 Å².